The third kappa shape index (κ3) is 6.42. The Labute approximate surface area is 291 Å². The van der Waals surface area contributed by atoms with Crippen LogP contribution in [0.2, 0.25) is 0 Å². The molecule has 50 heavy (non-hydrogen) atoms. The van der Waals surface area contributed by atoms with Gasteiger partial charge in [-0.2, -0.15) is 0 Å². The molecular formula is C44H32N6. The molecule has 0 aliphatic carbocycles. The van der Waals surface area contributed by atoms with Crippen molar-refractivity contribution in [3.63, 3.8) is 0 Å². The van der Waals surface area contributed by atoms with Crippen molar-refractivity contribution >= 4 is 0 Å². The molecule has 0 saturated carbocycles. The summed E-state index contributed by atoms with van der Waals surface area (Å²) in [6.45, 7) is 3.98. The molecule has 0 atom stereocenters. The highest BCUT2D eigenvalue weighted by atomic mass is 15.0. The van der Waals surface area contributed by atoms with Crippen LogP contribution in [0.5, 0.6) is 0 Å². The van der Waals surface area contributed by atoms with Gasteiger partial charge in [-0.1, -0.05) is 127 Å². The van der Waals surface area contributed by atoms with E-state index in [1.54, 1.807) is 0 Å². The zero-order valence-corrected chi connectivity index (χ0v) is 27.7. The van der Waals surface area contributed by atoms with E-state index in [2.05, 4.69) is 59.6 Å². The quantitative estimate of drug-likeness (QED) is 0.172. The van der Waals surface area contributed by atoms with Gasteiger partial charge >= 0.3 is 0 Å². The van der Waals surface area contributed by atoms with Crippen molar-refractivity contribution in [3.8, 4) is 79.2 Å². The van der Waals surface area contributed by atoms with Crippen LogP contribution in [0.15, 0.2) is 158 Å². The molecule has 3 heterocycles. The van der Waals surface area contributed by atoms with E-state index in [1.807, 2.05) is 117 Å². The third-order valence-corrected chi connectivity index (χ3v) is 8.57. The van der Waals surface area contributed by atoms with Gasteiger partial charge in [-0.25, -0.2) is 24.9 Å². The standard InChI is InChI=1S/C44H32N6/c1-29-24-25-38(30(2)45-29)44-49-42(33-18-10-5-11-19-33)48-43(50-44)37-23-13-21-35(27-37)34-20-12-22-36(26-34)40-28-39(31-14-6-3-7-15-31)46-41(47-40)32-16-8-4-9-17-32/h3-28H,1-2H3. The first-order chi connectivity index (χ1) is 24.6. The maximum absolute atomic E-state index is 5.05. The maximum atomic E-state index is 5.05. The van der Waals surface area contributed by atoms with Gasteiger partial charge in [0.05, 0.1) is 11.4 Å². The second-order valence-electron chi connectivity index (χ2n) is 12.1. The van der Waals surface area contributed by atoms with Crippen molar-refractivity contribution < 1.29 is 0 Å². The Hall–Kier alpha value is -6.66. The Kier molecular flexibility index (Phi) is 8.25. The van der Waals surface area contributed by atoms with E-state index in [1.165, 1.54) is 0 Å². The number of pyridine rings is 1. The predicted octanol–water partition coefficient (Wildman–Crippen LogP) is 10.3. The van der Waals surface area contributed by atoms with Gasteiger partial charge in [0.15, 0.2) is 23.3 Å². The molecule has 0 saturated heterocycles. The van der Waals surface area contributed by atoms with Crippen LogP contribution in [0.3, 0.4) is 0 Å². The minimum absolute atomic E-state index is 0.596. The zero-order chi connectivity index (χ0) is 33.9. The lowest BCUT2D eigenvalue weighted by Crippen LogP contribution is -2.02. The van der Waals surface area contributed by atoms with Crippen molar-refractivity contribution in [1.29, 1.82) is 0 Å². The molecule has 0 bridgehead atoms. The summed E-state index contributed by atoms with van der Waals surface area (Å²) in [4.78, 5) is 29.5. The highest BCUT2D eigenvalue weighted by Crippen LogP contribution is 2.32. The van der Waals surface area contributed by atoms with Gasteiger partial charge in [-0.3, -0.25) is 4.98 Å². The summed E-state index contributed by atoms with van der Waals surface area (Å²) in [6, 6.07) is 53.3. The molecule has 0 aliphatic heterocycles. The monoisotopic (exact) mass is 644 g/mol. The van der Waals surface area contributed by atoms with E-state index >= 15 is 0 Å². The summed E-state index contributed by atoms with van der Waals surface area (Å²) in [5, 5.41) is 0. The highest BCUT2D eigenvalue weighted by molar-refractivity contribution is 5.78. The summed E-state index contributed by atoms with van der Waals surface area (Å²) in [5.74, 6) is 2.50. The first-order valence-electron chi connectivity index (χ1n) is 16.5. The average Bonchev–Trinajstić information content (AvgIpc) is 3.18. The molecule has 6 heteroatoms. The molecule has 5 aromatic carbocycles. The van der Waals surface area contributed by atoms with Gasteiger partial charge in [0.1, 0.15) is 0 Å². The van der Waals surface area contributed by atoms with Gasteiger partial charge in [0, 0.05) is 44.8 Å². The Morgan fingerprint density at radius 2 is 0.740 bits per heavy atom. The molecule has 238 valence electrons. The van der Waals surface area contributed by atoms with E-state index in [0.717, 1.165) is 67.3 Å². The van der Waals surface area contributed by atoms with E-state index in [4.69, 9.17) is 24.9 Å². The summed E-state index contributed by atoms with van der Waals surface area (Å²) >= 11 is 0. The fourth-order valence-corrected chi connectivity index (χ4v) is 6.03. The number of aromatic nitrogens is 6. The van der Waals surface area contributed by atoms with Gasteiger partial charge in [-0.15, -0.1) is 0 Å². The number of hydrogen-bond donors (Lipinski definition) is 0. The topological polar surface area (TPSA) is 77.3 Å². The second kappa shape index (κ2) is 13.5. The van der Waals surface area contributed by atoms with Crippen molar-refractivity contribution in [2.24, 2.45) is 0 Å². The lowest BCUT2D eigenvalue weighted by Gasteiger charge is -2.12. The maximum Gasteiger partial charge on any atom is 0.165 e. The second-order valence-corrected chi connectivity index (χ2v) is 12.1. The molecule has 0 aliphatic rings. The van der Waals surface area contributed by atoms with Crippen molar-refractivity contribution in [2.45, 2.75) is 13.8 Å². The van der Waals surface area contributed by atoms with Crippen LogP contribution in [0.4, 0.5) is 0 Å². The molecule has 8 aromatic rings. The van der Waals surface area contributed by atoms with Crippen LogP contribution in [-0.4, -0.2) is 29.9 Å². The molecule has 0 amide bonds. The Balaban J connectivity index is 1.21. The number of nitrogens with zero attached hydrogens (tertiary/aromatic N) is 6. The largest absolute Gasteiger partial charge is 0.258 e. The minimum Gasteiger partial charge on any atom is -0.258 e. The van der Waals surface area contributed by atoms with Crippen molar-refractivity contribution in [1.82, 2.24) is 29.9 Å². The van der Waals surface area contributed by atoms with Crippen LogP contribution < -0.4 is 0 Å². The third-order valence-electron chi connectivity index (χ3n) is 8.57. The van der Waals surface area contributed by atoms with E-state index in [0.29, 0.717) is 23.3 Å². The smallest absolute Gasteiger partial charge is 0.165 e. The van der Waals surface area contributed by atoms with E-state index in [9.17, 15) is 0 Å². The normalized spacial score (nSPS) is 11.0. The van der Waals surface area contributed by atoms with Gasteiger partial charge in [0.2, 0.25) is 0 Å². The first kappa shape index (κ1) is 30.7. The molecule has 0 N–H and O–H groups in total. The first-order valence-corrected chi connectivity index (χ1v) is 16.5. The zero-order valence-electron chi connectivity index (χ0n) is 27.7. The SMILES string of the molecule is Cc1ccc(-c2nc(-c3ccccc3)nc(-c3cccc(-c4cccc(-c5cc(-c6ccccc6)nc(-c6ccccc6)n5)c4)c3)n2)c(C)n1. The summed E-state index contributed by atoms with van der Waals surface area (Å²) in [7, 11) is 0. The van der Waals surface area contributed by atoms with Crippen LogP contribution >= 0.6 is 0 Å². The number of aryl methyl sites for hydroxylation is 2. The summed E-state index contributed by atoms with van der Waals surface area (Å²) in [6.07, 6.45) is 0. The van der Waals surface area contributed by atoms with Gasteiger partial charge in [-0.05, 0) is 55.3 Å². The molecule has 0 unspecified atom stereocenters. The minimum atomic E-state index is 0.596. The molecule has 6 nitrogen and oxygen atoms in total. The number of hydrogen-bond acceptors (Lipinski definition) is 6. The van der Waals surface area contributed by atoms with E-state index < -0.39 is 0 Å². The average molecular weight is 645 g/mol. The summed E-state index contributed by atoms with van der Waals surface area (Å²) in [5.41, 5.74) is 11.4. The fraction of sp³-hybridized carbons (Fsp3) is 0.0455. The number of rotatable bonds is 7. The van der Waals surface area contributed by atoms with Gasteiger partial charge < -0.3 is 0 Å². The van der Waals surface area contributed by atoms with Crippen LogP contribution in [0.1, 0.15) is 11.4 Å². The van der Waals surface area contributed by atoms with E-state index in [-0.39, 0.29) is 0 Å². The lowest BCUT2D eigenvalue weighted by atomic mass is 9.99. The Morgan fingerprint density at radius 3 is 1.34 bits per heavy atom. The summed E-state index contributed by atoms with van der Waals surface area (Å²) < 4.78 is 0. The molecule has 3 aromatic heterocycles. The molecule has 0 radical (unpaired) electrons. The highest BCUT2D eigenvalue weighted by Gasteiger charge is 2.16. The molecule has 8 rings (SSSR count). The predicted molar refractivity (Wildman–Crippen MR) is 201 cm³/mol. The molecule has 0 spiro atoms. The molecular weight excluding hydrogens is 613 g/mol. The molecule has 0 fully saturated rings. The Bertz CT molecular complexity index is 2390. The van der Waals surface area contributed by atoms with Crippen molar-refractivity contribution in [3.05, 3.63) is 169 Å². The van der Waals surface area contributed by atoms with Crippen LogP contribution in [0, 0.1) is 13.8 Å². The lowest BCUT2D eigenvalue weighted by molar-refractivity contribution is 1.05. The number of benzene rings is 5. The van der Waals surface area contributed by atoms with Crippen molar-refractivity contribution in [2.75, 3.05) is 0 Å². The van der Waals surface area contributed by atoms with Crippen LogP contribution in [0.25, 0.3) is 79.2 Å². The van der Waals surface area contributed by atoms with Gasteiger partial charge in [0.25, 0.3) is 0 Å². The Morgan fingerprint density at radius 1 is 0.300 bits per heavy atom. The van der Waals surface area contributed by atoms with Crippen LogP contribution in [-0.2, 0) is 0 Å². The fourth-order valence-electron chi connectivity index (χ4n) is 6.03.